The van der Waals surface area contributed by atoms with Crippen molar-refractivity contribution in [2.45, 2.75) is 43.9 Å². The molecule has 10 nitrogen and oxygen atoms in total. The predicted octanol–water partition coefficient (Wildman–Crippen LogP) is 2.93. The Kier molecular flexibility index (Phi) is 10.6. The van der Waals surface area contributed by atoms with Gasteiger partial charge in [-0.2, -0.15) is 0 Å². The number of carbonyl (C=O) groups excluding carboxylic acids is 3. The highest BCUT2D eigenvalue weighted by atomic mass is 35.5. The number of ether oxygens (including phenoxy) is 1. The number of nitrogens with one attached hydrogen (secondary N) is 2. The summed E-state index contributed by atoms with van der Waals surface area (Å²) in [6.45, 7) is 2.27. The topological polar surface area (TPSA) is 155 Å². The number of hydrogen-bond donors (Lipinski definition) is 2. The van der Waals surface area contributed by atoms with Crippen molar-refractivity contribution in [1.29, 1.82) is 0 Å². The van der Waals surface area contributed by atoms with E-state index in [9.17, 15) is 27.9 Å². The quantitative estimate of drug-likeness (QED) is 0.290. The van der Waals surface area contributed by atoms with E-state index in [1.165, 1.54) is 31.4 Å². The van der Waals surface area contributed by atoms with Crippen molar-refractivity contribution in [3.63, 3.8) is 0 Å². The number of nitrogens with zero attached hydrogens (tertiary/aromatic N) is 1. The lowest BCUT2D eigenvalue weighted by atomic mass is 10.0. The fourth-order valence-corrected chi connectivity index (χ4v) is 5.05. The van der Waals surface area contributed by atoms with Crippen molar-refractivity contribution in [3.8, 4) is 5.75 Å². The van der Waals surface area contributed by atoms with Crippen LogP contribution in [0, 0.1) is 0 Å². The number of aromatic carboxylic acids is 1. The smallest absolute Gasteiger partial charge is 0.266 e. The lowest BCUT2D eigenvalue weighted by molar-refractivity contribution is -0.255. The van der Waals surface area contributed by atoms with Gasteiger partial charge < -0.3 is 20.0 Å². The van der Waals surface area contributed by atoms with E-state index >= 15 is 0 Å². The molecule has 2 aromatic carbocycles. The Morgan fingerprint density at radius 1 is 1.00 bits per heavy atom. The molecule has 2 amide bonds. The maximum Gasteiger partial charge on any atom is 0.266 e. The normalized spacial score (nSPS) is 11.1. The molecular weight excluding hydrogens is 558 g/mol. The maximum absolute atomic E-state index is 12.8. The third-order valence-electron chi connectivity index (χ3n) is 6.05. The lowest BCUT2D eigenvalue weighted by Crippen LogP contribution is -2.31. The summed E-state index contributed by atoms with van der Waals surface area (Å²) < 4.78 is 32.7. The molecule has 0 radical (unpaired) electrons. The number of carbonyl (C=O) groups is 3. The van der Waals surface area contributed by atoms with Crippen LogP contribution in [0.4, 0.5) is 0 Å². The molecule has 1 heterocycles. The highest BCUT2D eigenvalue weighted by Crippen LogP contribution is 2.22. The van der Waals surface area contributed by atoms with E-state index < -0.39 is 21.9 Å². The van der Waals surface area contributed by atoms with Crippen LogP contribution in [0.15, 0.2) is 59.6 Å². The molecule has 0 bridgehead atoms. The van der Waals surface area contributed by atoms with E-state index in [-0.39, 0.29) is 39.2 Å². The first-order chi connectivity index (χ1) is 19.1. The summed E-state index contributed by atoms with van der Waals surface area (Å²) >= 11 is 6.10. The third kappa shape index (κ3) is 8.03. The van der Waals surface area contributed by atoms with E-state index in [1.54, 1.807) is 24.3 Å². The summed E-state index contributed by atoms with van der Waals surface area (Å²) in [4.78, 5) is 40.2. The molecule has 3 rings (SSSR count). The molecule has 0 spiro atoms. The second-order valence-electron chi connectivity index (χ2n) is 8.91. The van der Waals surface area contributed by atoms with Gasteiger partial charge in [-0.15, -0.1) is 0 Å². The van der Waals surface area contributed by atoms with Crippen LogP contribution in [0.1, 0.15) is 68.5 Å². The zero-order valence-corrected chi connectivity index (χ0v) is 23.6. The van der Waals surface area contributed by atoms with Crippen molar-refractivity contribution in [2.75, 3.05) is 13.7 Å². The first kappa shape index (κ1) is 30.6. The summed E-state index contributed by atoms with van der Waals surface area (Å²) in [6, 6.07) is 11.9. The van der Waals surface area contributed by atoms with Crippen LogP contribution in [-0.2, 0) is 22.9 Å². The van der Waals surface area contributed by atoms with Crippen LogP contribution in [0.5, 0.6) is 5.75 Å². The zero-order valence-electron chi connectivity index (χ0n) is 22.0. The second-order valence-corrected chi connectivity index (χ2v) is 11.0. The Bertz CT molecular complexity index is 1490. The maximum atomic E-state index is 12.8. The molecule has 3 aromatic rings. The van der Waals surface area contributed by atoms with Gasteiger partial charge in [-0.25, -0.2) is 13.1 Å². The van der Waals surface area contributed by atoms with Gasteiger partial charge in [-0.1, -0.05) is 43.5 Å². The number of benzene rings is 2. The summed E-state index contributed by atoms with van der Waals surface area (Å²) in [6.07, 6.45) is 4.25. The molecule has 0 aliphatic rings. The number of aromatic nitrogens is 1. The minimum atomic E-state index is -4.22. The Balaban J connectivity index is 1.62. The number of unbranched alkanes of at least 4 members (excludes halogenated alkanes) is 2. The zero-order chi connectivity index (χ0) is 29.3. The summed E-state index contributed by atoms with van der Waals surface area (Å²) in [7, 11) is -2.73. The Hall–Kier alpha value is -3.96. The first-order valence-corrected chi connectivity index (χ1v) is 14.4. The van der Waals surface area contributed by atoms with Gasteiger partial charge in [0, 0.05) is 12.7 Å². The molecule has 212 valence electrons. The van der Waals surface area contributed by atoms with Gasteiger partial charge in [0.15, 0.2) is 0 Å². The van der Waals surface area contributed by atoms with Crippen LogP contribution in [-0.4, -0.2) is 44.8 Å². The van der Waals surface area contributed by atoms with Crippen LogP contribution in [0.2, 0.25) is 5.02 Å². The van der Waals surface area contributed by atoms with E-state index in [0.29, 0.717) is 30.6 Å². The van der Waals surface area contributed by atoms with Gasteiger partial charge in [0.2, 0.25) is 0 Å². The molecule has 0 saturated heterocycles. The molecule has 0 aliphatic carbocycles. The van der Waals surface area contributed by atoms with Gasteiger partial charge in [-0.3, -0.25) is 14.6 Å². The number of methoxy groups -OCH3 is 1. The SMILES string of the molecule is CCCCCc1cc(C(=O)NS(=O)(=O)c2ccc(CCNC(=O)c3cc(OC)ccc3Cl)cc2)cnc1C(=O)[O-]. The van der Waals surface area contributed by atoms with Crippen molar-refractivity contribution < 1.29 is 32.6 Å². The minimum absolute atomic E-state index is 0.0800. The van der Waals surface area contributed by atoms with Crippen molar-refractivity contribution in [1.82, 2.24) is 15.0 Å². The van der Waals surface area contributed by atoms with Gasteiger partial charge >= 0.3 is 0 Å². The van der Waals surface area contributed by atoms with Crippen molar-refractivity contribution >= 4 is 39.4 Å². The Morgan fingerprint density at radius 3 is 2.38 bits per heavy atom. The van der Waals surface area contributed by atoms with Crippen LogP contribution in [0.25, 0.3) is 0 Å². The Morgan fingerprint density at radius 2 is 1.73 bits per heavy atom. The molecule has 1 aromatic heterocycles. The van der Waals surface area contributed by atoms with Crippen LogP contribution in [0.3, 0.4) is 0 Å². The van der Waals surface area contributed by atoms with Crippen LogP contribution < -0.4 is 19.9 Å². The van der Waals surface area contributed by atoms with E-state index in [2.05, 4.69) is 10.3 Å². The standard InChI is InChI=1S/C28H30ClN3O7S/c1-3-4-5-6-19-15-20(17-31-25(19)28(35)36)26(33)32-40(37,38)22-10-7-18(8-11-22)13-14-30-27(34)23-16-21(39-2)9-12-24(23)29/h7-12,15-17H,3-6,13-14H2,1-2H3,(H,30,34)(H,32,33)(H,35,36)/p-1. The summed E-state index contributed by atoms with van der Waals surface area (Å²) in [5.74, 6) is -2.27. The highest BCUT2D eigenvalue weighted by molar-refractivity contribution is 7.90. The molecule has 12 heteroatoms. The lowest BCUT2D eigenvalue weighted by Gasteiger charge is -2.12. The molecule has 0 atom stereocenters. The first-order valence-electron chi connectivity index (χ1n) is 12.5. The molecule has 2 N–H and O–H groups in total. The second kappa shape index (κ2) is 13.9. The number of sulfonamides is 1. The third-order valence-corrected chi connectivity index (χ3v) is 7.73. The number of rotatable bonds is 13. The summed E-state index contributed by atoms with van der Waals surface area (Å²) in [5, 5.41) is 14.4. The fourth-order valence-electron chi connectivity index (χ4n) is 3.87. The fraction of sp³-hybridized carbons (Fsp3) is 0.286. The summed E-state index contributed by atoms with van der Waals surface area (Å²) in [5.41, 5.74) is 0.984. The van der Waals surface area contributed by atoms with E-state index in [1.807, 2.05) is 11.6 Å². The number of amides is 2. The average Bonchev–Trinajstić information content (AvgIpc) is 2.93. The average molecular weight is 587 g/mol. The molecular formula is C28H29ClN3O7S-. The number of pyridine rings is 1. The van der Waals surface area contributed by atoms with Gasteiger partial charge in [0.25, 0.3) is 21.8 Å². The van der Waals surface area contributed by atoms with Gasteiger partial charge in [0.05, 0.1) is 39.8 Å². The number of aryl methyl sites for hydroxylation is 1. The highest BCUT2D eigenvalue weighted by Gasteiger charge is 2.20. The molecule has 0 aliphatic heterocycles. The molecule has 40 heavy (non-hydrogen) atoms. The number of carboxylic acids is 1. The molecule has 0 unspecified atom stereocenters. The number of carboxylic acid groups (broad SMARTS) is 1. The molecule has 0 fully saturated rings. The molecule has 0 saturated carbocycles. The van der Waals surface area contributed by atoms with E-state index in [0.717, 1.165) is 24.6 Å². The number of hydrogen-bond acceptors (Lipinski definition) is 8. The van der Waals surface area contributed by atoms with Crippen molar-refractivity contribution in [3.05, 3.63) is 87.7 Å². The van der Waals surface area contributed by atoms with E-state index in [4.69, 9.17) is 16.3 Å². The number of halogens is 1. The largest absolute Gasteiger partial charge is 0.543 e. The predicted molar refractivity (Wildman–Crippen MR) is 147 cm³/mol. The van der Waals surface area contributed by atoms with Crippen molar-refractivity contribution in [2.24, 2.45) is 0 Å². The Labute approximate surface area is 237 Å². The van der Waals surface area contributed by atoms with Crippen LogP contribution >= 0.6 is 11.6 Å². The van der Waals surface area contributed by atoms with Gasteiger partial charge in [-0.05, 0) is 66.8 Å². The van der Waals surface area contributed by atoms with Gasteiger partial charge in [0.1, 0.15) is 5.75 Å². The minimum Gasteiger partial charge on any atom is -0.543 e. The monoisotopic (exact) mass is 586 g/mol.